The first-order chi connectivity index (χ1) is 6.87. The second-order valence-electron chi connectivity index (χ2n) is 3.74. The van der Waals surface area contributed by atoms with E-state index in [2.05, 4.69) is 0 Å². The van der Waals surface area contributed by atoms with Crippen LogP contribution in [0.2, 0.25) is 0 Å². The SMILES string of the molecule is CS(=O)(=O)OC1CCN(CC(N)=O)CC1. The Morgan fingerprint density at radius 3 is 2.40 bits per heavy atom. The highest BCUT2D eigenvalue weighted by Gasteiger charge is 2.23. The van der Waals surface area contributed by atoms with E-state index < -0.39 is 10.1 Å². The summed E-state index contributed by atoms with van der Waals surface area (Å²) < 4.78 is 26.6. The molecule has 0 radical (unpaired) electrons. The van der Waals surface area contributed by atoms with Crippen molar-refractivity contribution in [1.82, 2.24) is 4.90 Å². The number of nitrogens with zero attached hydrogens (tertiary/aromatic N) is 1. The Morgan fingerprint density at radius 1 is 1.47 bits per heavy atom. The molecule has 88 valence electrons. The van der Waals surface area contributed by atoms with Crippen molar-refractivity contribution in [3.05, 3.63) is 0 Å². The van der Waals surface area contributed by atoms with Crippen molar-refractivity contribution < 1.29 is 17.4 Å². The minimum Gasteiger partial charge on any atom is -0.369 e. The zero-order chi connectivity index (χ0) is 11.5. The lowest BCUT2D eigenvalue weighted by molar-refractivity contribution is -0.119. The molecule has 0 bridgehead atoms. The van der Waals surface area contributed by atoms with Crippen LogP contribution in [0.1, 0.15) is 12.8 Å². The summed E-state index contributed by atoms with van der Waals surface area (Å²) in [5.74, 6) is -0.363. The predicted octanol–water partition coefficient (Wildman–Crippen LogP) is -1.09. The molecule has 0 aliphatic carbocycles. The first kappa shape index (κ1) is 12.4. The smallest absolute Gasteiger partial charge is 0.264 e. The Balaban J connectivity index is 2.33. The van der Waals surface area contributed by atoms with Crippen molar-refractivity contribution >= 4 is 16.0 Å². The van der Waals surface area contributed by atoms with Gasteiger partial charge in [0.2, 0.25) is 5.91 Å². The second kappa shape index (κ2) is 4.91. The Labute approximate surface area is 89.5 Å². The van der Waals surface area contributed by atoms with E-state index in [4.69, 9.17) is 9.92 Å². The zero-order valence-electron chi connectivity index (χ0n) is 8.68. The summed E-state index contributed by atoms with van der Waals surface area (Å²) in [5.41, 5.74) is 5.05. The Hall–Kier alpha value is -0.660. The molecule has 15 heavy (non-hydrogen) atoms. The molecule has 1 aliphatic rings. The van der Waals surface area contributed by atoms with Gasteiger partial charge in [0.05, 0.1) is 18.9 Å². The molecule has 0 aromatic heterocycles. The molecule has 6 nitrogen and oxygen atoms in total. The van der Waals surface area contributed by atoms with Gasteiger partial charge in [-0.05, 0) is 12.8 Å². The number of hydrogen-bond donors (Lipinski definition) is 1. The summed E-state index contributed by atoms with van der Waals surface area (Å²) in [6, 6.07) is 0. The van der Waals surface area contributed by atoms with Crippen LogP contribution < -0.4 is 5.73 Å². The lowest BCUT2D eigenvalue weighted by Gasteiger charge is -2.30. The van der Waals surface area contributed by atoms with Crippen LogP contribution in [-0.2, 0) is 19.1 Å². The molecule has 7 heteroatoms. The summed E-state index contributed by atoms with van der Waals surface area (Å²) in [5, 5.41) is 0. The molecule has 0 aromatic carbocycles. The van der Waals surface area contributed by atoms with Gasteiger partial charge >= 0.3 is 0 Å². The number of primary amides is 1. The van der Waals surface area contributed by atoms with E-state index in [-0.39, 0.29) is 18.6 Å². The van der Waals surface area contributed by atoms with E-state index in [9.17, 15) is 13.2 Å². The molecule has 1 heterocycles. The van der Waals surface area contributed by atoms with Gasteiger partial charge in [-0.1, -0.05) is 0 Å². The normalized spacial score (nSPS) is 20.3. The van der Waals surface area contributed by atoms with Gasteiger partial charge in [0, 0.05) is 13.1 Å². The maximum absolute atomic E-state index is 10.8. The number of carbonyl (C=O) groups is 1. The largest absolute Gasteiger partial charge is 0.369 e. The topological polar surface area (TPSA) is 89.7 Å². The molecule has 0 saturated carbocycles. The van der Waals surface area contributed by atoms with Crippen molar-refractivity contribution in [3.8, 4) is 0 Å². The monoisotopic (exact) mass is 236 g/mol. The third-order valence-corrected chi connectivity index (χ3v) is 2.85. The van der Waals surface area contributed by atoms with E-state index in [0.29, 0.717) is 25.9 Å². The molecule has 0 spiro atoms. The first-order valence-corrected chi connectivity index (χ1v) is 6.57. The molecule has 1 fully saturated rings. The zero-order valence-corrected chi connectivity index (χ0v) is 9.50. The minimum atomic E-state index is -3.37. The van der Waals surface area contributed by atoms with Crippen molar-refractivity contribution in [1.29, 1.82) is 0 Å². The maximum Gasteiger partial charge on any atom is 0.264 e. The Kier molecular flexibility index (Phi) is 4.06. The van der Waals surface area contributed by atoms with Crippen LogP contribution in [0.25, 0.3) is 0 Å². The number of nitrogens with two attached hydrogens (primary N) is 1. The van der Waals surface area contributed by atoms with E-state index >= 15 is 0 Å². The van der Waals surface area contributed by atoms with Crippen LogP contribution in [0.5, 0.6) is 0 Å². The summed E-state index contributed by atoms with van der Waals surface area (Å²) in [7, 11) is -3.37. The number of carbonyl (C=O) groups excluding carboxylic acids is 1. The van der Waals surface area contributed by atoms with E-state index in [1.165, 1.54) is 0 Å². The average molecular weight is 236 g/mol. The van der Waals surface area contributed by atoms with Crippen molar-refractivity contribution in [2.24, 2.45) is 5.73 Å². The fourth-order valence-electron chi connectivity index (χ4n) is 1.63. The van der Waals surface area contributed by atoms with Gasteiger partial charge in [-0.25, -0.2) is 0 Å². The predicted molar refractivity (Wildman–Crippen MR) is 54.6 cm³/mol. The van der Waals surface area contributed by atoms with Crippen LogP contribution in [0.15, 0.2) is 0 Å². The number of likely N-dealkylation sites (tertiary alicyclic amines) is 1. The van der Waals surface area contributed by atoms with Crippen molar-refractivity contribution in [3.63, 3.8) is 0 Å². The van der Waals surface area contributed by atoms with Crippen LogP contribution in [0, 0.1) is 0 Å². The van der Waals surface area contributed by atoms with Crippen LogP contribution in [-0.4, -0.2) is 51.2 Å². The van der Waals surface area contributed by atoms with Gasteiger partial charge in [-0.15, -0.1) is 0 Å². The fourth-order valence-corrected chi connectivity index (χ4v) is 2.32. The van der Waals surface area contributed by atoms with Crippen LogP contribution >= 0.6 is 0 Å². The van der Waals surface area contributed by atoms with E-state index in [0.717, 1.165) is 6.26 Å². The van der Waals surface area contributed by atoms with E-state index in [1.807, 2.05) is 4.90 Å². The van der Waals surface area contributed by atoms with Gasteiger partial charge in [0.1, 0.15) is 0 Å². The van der Waals surface area contributed by atoms with Gasteiger partial charge in [-0.2, -0.15) is 8.42 Å². The highest BCUT2D eigenvalue weighted by Crippen LogP contribution is 2.14. The van der Waals surface area contributed by atoms with Crippen LogP contribution in [0.3, 0.4) is 0 Å². The van der Waals surface area contributed by atoms with Crippen molar-refractivity contribution in [2.75, 3.05) is 25.9 Å². The molecule has 1 rings (SSSR count). The molecule has 2 N–H and O–H groups in total. The maximum atomic E-state index is 10.8. The third kappa shape index (κ3) is 5.10. The van der Waals surface area contributed by atoms with Gasteiger partial charge in [-0.3, -0.25) is 13.9 Å². The molecule has 0 unspecified atom stereocenters. The quantitative estimate of drug-likeness (QED) is 0.627. The third-order valence-electron chi connectivity index (χ3n) is 2.22. The highest BCUT2D eigenvalue weighted by atomic mass is 32.2. The minimum absolute atomic E-state index is 0.228. The summed E-state index contributed by atoms with van der Waals surface area (Å²) in [6.45, 7) is 1.51. The molecule has 0 aromatic rings. The molecule has 0 atom stereocenters. The number of rotatable bonds is 4. The summed E-state index contributed by atoms with van der Waals surface area (Å²) >= 11 is 0. The standard InChI is InChI=1S/C8H16N2O4S/c1-15(12,13)14-7-2-4-10(5-3-7)6-8(9)11/h7H,2-6H2,1H3,(H2,9,11). The Morgan fingerprint density at radius 2 is 2.00 bits per heavy atom. The lowest BCUT2D eigenvalue weighted by atomic mass is 10.1. The molecular weight excluding hydrogens is 220 g/mol. The van der Waals surface area contributed by atoms with Gasteiger partial charge in [0.25, 0.3) is 10.1 Å². The molecular formula is C8H16N2O4S. The lowest BCUT2D eigenvalue weighted by Crippen LogP contribution is -2.42. The highest BCUT2D eigenvalue weighted by molar-refractivity contribution is 7.86. The van der Waals surface area contributed by atoms with E-state index in [1.54, 1.807) is 0 Å². The molecule has 1 saturated heterocycles. The molecule has 1 aliphatic heterocycles. The second-order valence-corrected chi connectivity index (χ2v) is 5.34. The van der Waals surface area contributed by atoms with Gasteiger partial charge < -0.3 is 5.73 Å². The first-order valence-electron chi connectivity index (χ1n) is 4.76. The number of amides is 1. The molecule has 1 amide bonds. The number of piperidine rings is 1. The van der Waals surface area contributed by atoms with Crippen molar-refractivity contribution in [2.45, 2.75) is 18.9 Å². The number of hydrogen-bond acceptors (Lipinski definition) is 5. The summed E-state index contributed by atoms with van der Waals surface area (Å²) in [6.07, 6.45) is 2.01. The fraction of sp³-hybridized carbons (Fsp3) is 0.875. The van der Waals surface area contributed by atoms with Crippen LogP contribution in [0.4, 0.5) is 0 Å². The summed E-state index contributed by atoms with van der Waals surface area (Å²) in [4.78, 5) is 12.5. The van der Waals surface area contributed by atoms with Gasteiger partial charge in [0.15, 0.2) is 0 Å². The average Bonchev–Trinajstić information content (AvgIpc) is 2.05. The Bertz CT molecular complexity index is 320.